The summed E-state index contributed by atoms with van der Waals surface area (Å²) in [5.41, 5.74) is 1.40. The molecule has 0 radical (unpaired) electrons. The molecule has 21 heavy (non-hydrogen) atoms. The zero-order valence-corrected chi connectivity index (χ0v) is 13.2. The first kappa shape index (κ1) is 16.1. The summed E-state index contributed by atoms with van der Waals surface area (Å²) >= 11 is 0. The van der Waals surface area contributed by atoms with Crippen LogP contribution >= 0.6 is 0 Å². The maximum absolute atomic E-state index is 12.3. The Labute approximate surface area is 125 Å². The summed E-state index contributed by atoms with van der Waals surface area (Å²) < 4.78 is 33.9. The van der Waals surface area contributed by atoms with E-state index in [0.717, 1.165) is 11.3 Å². The van der Waals surface area contributed by atoms with E-state index in [2.05, 4.69) is 4.72 Å². The van der Waals surface area contributed by atoms with E-state index in [0.29, 0.717) is 31.6 Å². The Balaban J connectivity index is 2.06. The molecule has 1 aliphatic rings. The van der Waals surface area contributed by atoms with E-state index in [1.54, 1.807) is 25.3 Å². The topological polar surface area (TPSA) is 78.9 Å². The van der Waals surface area contributed by atoms with Crippen molar-refractivity contribution in [2.45, 2.75) is 19.8 Å². The number of aliphatic hydroxyl groups is 1. The molecule has 2 N–H and O–H groups in total. The molecule has 0 atom stereocenters. The van der Waals surface area contributed by atoms with E-state index in [1.165, 1.54) is 4.31 Å². The van der Waals surface area contributed by atoms with Crippen molar-refractivity contribution in [1.29, 1.82) is 0 Å². The third kappa shape index (κ3) is 3.87. The third-order valence-corrected chi connectivity index (χ3v) is 5.35. The van der Waals surface area contributed by atoms with Crippen molar-refractivity contribution >= 4 is 15.9 Å². The number of nitrogens with one attached hydrogen (secondary N) is 1. The van der Waals surface area contributed by atoms with Crippen LogP contribution in [0.4, 0.5) is 5.69 Å². The number of anilines is 1. The van der Waals surface area contributed by atoms with Crippen LogP contribution in [0.15, 0.2) is 18.2 Å². The molecule has 1 aromatic rings. The lowest BCUT2D eigenvalue weighted by Crippen LogP contribution is -2.42. The largest absolute Gasteiger partial charge is 0.496 e. The molecule has 0 aromatic heterocycles. The van der Waals surface area contributed by atoms with E-state index >= 15 is 0 Å². The minimum absolute atomic E-state index is 0.124. The zero-order chi connectivity index (χ0) is 15.5. The number of aliphatic hydroxyl groups excluding tert-OH is 1. The zero-order valence-electron chi connectivity index (χ0n) is 12.4. The summed E-state index contributed by atoms with van der Waals surface area (Å²) in [6.45, 7) is 2.87. The highest BCUT2D eigenvalue weighted by molar-refractivity contribution is 7.90. The van der Waals surface area contributed by atoms with Crippen LogP contribution in [0.25, 0.3) is 0 Å². The molecule has 1 aliphatic heterocycles. The normalized spacial score (nSPS) is 17.7. The molecular formula is C14H22N2O4S. The average molecular weight is 314 g/mol. The maximum Gasteiger partial charge on any atom is 0.301 e. The minimum Gasteiger partial charge on any atom is -0.496 e. The number of hydrogen-bond acceptors (Lipinski definition) is 4. The van der Waals surface area contributed by atoms with Gasteiger partial charge in [0.2, 0.25) is 0 Å². The van der Waals surface area contributed by atoms with Crippen LogP contribution in [0.1, 0.15) is 18.4 Å². The Hall–Kier alpha value is -1.31. The summed E-state index contributed by atoms with van der Waals surface area (Å²) in [4.78, 5) is 0. The molecule has 0 saturated carbocycles. The molecule has 0 amide bonds. The van der Waals surface area contributed by atoms with Gasteiger partial charge in [-0.05, 0) is 49.4 Å². The summed E-state index contributed by atoms with van der Waals surface area (Å²) in [5, 5.41) is 9.10. The molecule has 2 rings (SSSR count). The number of benzene rings is 1. The molecule has 6 nitrogen and oxygen atoms in total. The molecule has 0 spiro atoms. The van der Waals surface area contributed by atoms with Gasteiger partial charge in [-0.25, -0.2) is 0 Å². The van der Waals surface area contributed by atoms with Gasteiger partial charge in [-0.1, -0.05) is 0 Å². The van der Waals surface area contributed by atoms with Gasteiger partial charge in [-0.15, -0.1) is 0 Å². The second-order valence-corrected chi connectivity index (χ2v) is 6.99. The fourth-order valence-corrected chi connectivity index (χ4v) is 3.73. The van der Waals surface area contributed by atoms with Crippen LogP contribution in [0, 0.1) is 12.8 Å². The number of methoxy groups -OCH3 is 1. The van der Waals surface area contributed by atoms with E-state index in [9.17, 15) is 8.42 Å². The molecule has 0 aliphatic carbocycles. The van der Waals surface area contributed by atoms with Crippen molar-refractivity contribution < 1.29 is 18.3 Å². The van der Waals surface area contributed by atoms with Gasteiger partial charge < -0.3 is 9.84 Å². The molecule has 1 fully saturated rings. The number of nitrogens with zero attached hydrogens (tertiary/aromatic N) is 1. The molecular weight excluding hydrogens is 292 g/mol. The average Bonchev–Trinajstić information content (AvgIpc) is 2.47. The number of piperidine rings is 1. The first-order valence-corrected chi connectivity index (χ1v) is 8.43. The molecule has 118 valence electrons. The van der Waals surface area contributed by atoms with Gasteiger partial charge in [0, 0.05) is 19.7 Å². The monoisotopic (exact) mass is 314 g/mol. The molecule has 1 saturated heterocycles. The van der Waals surface area contributed by atoms with E-state index in [4.69, 9.17) is 9.84 Å². The molecule has 7 heteroatoms. The summed E-state index contributed by atoms with van der Waals surface area (Å²) in [7, 11) is -1.96. The second-order valence-electron chi connectivity index (χ2n) is 5.32. The SMILES string of the molecule is COc1ccc(NS(=O)(=O)N2CCC(CO)CC2)cc1C. The van der Waals surface area contributed by atoms with Gasteiger partial charge >= 0.3 is 10.2 Å². The van der Waals surface area contributed by atoms with Gasteiger partial charge in [0.15, 0.2) is 0 Å². The molecule has 0 unspecified atom stereocenters. The Kier molecular flexibility index (Phi) is 5.08. The van der Waals surface area contributed by atoms with Gasteiger partial charge in [-0.3, -0.25) is 4.72 Å². The van der Waals surface area contributed by atoms with Gasteiger partial charge in [-0.2, -0.15) is 12.7 Å². The number of ether oxygens (including phenoxy) is 1. The lowest BCUT2D eigenvalue weighted by molar-refractivity contribution is 0.170. The Morgan fingerprint density at radius 3 is 2.57 bits per heavy atom. The van der Waals surface area contributed by atoms with Crippen molar-refractivity contribution in [2.75, 3.05) is 31.5 Å². The predicted molar refractivity (Wildman–Crippen MR) is 81.7 cm³/mol. The van der Waals surface area contributed by atoms with E-state index in [-0.39, 0.29) is 12.5 Å². The van der Waals surface area contributed by atoms with Crippen LogP contribution in [0.5, 0.6) is 5.75 Å². The van der Waals surface area contributed by atoms with Crippen LogP contribution in [-0.2, 0) is 10.2 Å². The highest BCUT2D eigenvalue weighted by atomic mass is 32.2. The number of hydrogen-bond donors (Lipinski definition) is 2. The van der Waals surface area contributed by atoms with Crippen molar-refractivity contribution in [3.63, 3.8) is 0 Å². The standard InChI is InChI=1S/C14H22N2O4S/c1-11-9-13(3-4-14(11)20-2)15-21(18,19)16-7-5-12(10-17)6-8-16/h3-4,9,12,15,17H,5-8,10H2,1-2H3. The first-order valence-electron chi connectivity index (χ1n) is 6.99. The number of rotatable bonds is 5. The fourth-order valence-electron chi connectivity index (χ4n) is 2.49. The van der Waals surface area contributed by atoms with Crippen molar-refractivity contribution in [1.82, 2.24) is 4.31 Å². The Bertz CT molecular complexity index is 581. The van der Waals surface area contributed by atoms with E-state index < -0.39 is 10.2 Å². The Morgan fingerprint density at radius 2 is 2.05 bits per heavy atom. The minimum atomic E-state index is -3.54. The molecule has 1 heterocycles. The quantitative estimate of drug-likeness (QED) is 0.860. The first-order chi connectivity index (χ1) is 9.96. The Morgan fingerprint density at radius 1 is 1.38 bits per heavy atom. The highest BCUT2D eigenvalue weighted by Crippen LogP contribution is 2.24. The number of aryl methyl sites for hydroxylation is 1. The molecule has 1 aromatic carbocycles. The van der Waals surface area contributed by atoms with Gasteiger partial charge in [0.25, 0.3) is 0 Å². The highest BCUT2D eigenvalue weighted by Gasteiger charge is 2.27. The summed E-state index contributed by atoms with van der Waals surface area (Å²) in [6, 6.07) is 5.17. The van der Waals surface area contributed by atoms with Crippen LogP contribution in [-0.4, -0.2) is 44.6 Å². The lowest BCUT2D eigenvalue weighted by Gasteiger charge is -2.30. The van der Waals surface area contributed by atoms with Crippen molar-refractivity contribution in [3.8, 4) is 5.75 Å². The lowest BCUT2D eigenvalue weighted by atomic mass is 10.00. The van der Waals surface area contributed by atoms with Crippen LogP contribution < -0.4 is 9.46 Å². The second kappa shape index (κ2) is 6.64. The van der Waals surface area contributed by atoms with Crippen molar-refractivity contribution in [2.24, 2.45) is 5.92 Å². The predicted octanol–water partition coefficient (Wildman–Crippen LogP) is 1.36. The fraction of sp³-hybridized carbons (Fsp3) is 0.571. The summed E-state index contributed by atoms with van der Waals surface area (Å²) in [5.74, 6) is 0.932. The van der Waals surface area contributed by atoms with Crippen LogP contribution in [0.3, 0.4) is 0 Å². The van der Waals surface area contributed by atoms with Gasteiger partial charge in [0.05, 0.1) is 12.8 Å². The van der Waals surface area contributed by atoms with E-state index in [1.807, 2.05) is 6.92 Å². The smallest absolute Gasteiger partial charge is 0.301 e. The molecule has 0 bridgehead atoms. The van der Waals surface area contributed by atoms with Crippen LogP contribution in [0.2, 0.25) is 0 Å². The maximum atomic E-state index is 12.3. The summed E-state index contributed by atoms with van der Waals surface area (Å²) in [6.07, 6.45) is 1.39. The van der Waals surface area contributed by atoms with Crippen molar-refractivity contribution in [3.05, 3.63) is 23.8 Å². The third-order valence-electron chi connectivity index (χ3n) is 3.81. The van der Waals surface area contributed by atoms with Gasteiger partial charge in [0.1, 0.15) is 5.75 Å².